The minimum Gasteiger partial charge on any atom is -0.354 e. The molecule has 0 unspecified atom stereocenters. The number of nitrogens with one attached hydrogen (secondary N) is 1. The number of carbonyl (C=O) groups excluding carboxylic acids is 1. The number of amides is 1. The SMILES string of the molecule is CCc1ncc(CN2CCCC[C@H]2Cc2c(C(=O)NC)sc3ccccc23)cn1. The van der Waals surface area contributed by atoms with Crippen LogP contribution in [0.25, 0.3) is 10.1 Å². The van der Waals surface area contributed by atoms with Gasteiger partial charge in [0, 0.05) is 48.7 Å². The van der Waals surface area contributed by atoms with Crippen LogP contribution >= 0.6 is 11.3 Å². The van der Waals surface area contributed by atoms with Crippen LogP contribution in [0.2, 0.25) is 0 Å². The Morgan fingerprint density at radius 3 is 2.79 bits per heavy atom. The van der Waals surface area contributed by atoms with Gasteiger partial charge in [0.15, 0.2) is 0 Å². The van der Waals surface area contributed by atoms with Gasteiger partial charge < -0.3 is 5.32 Å². The van der Waals surface area contributed by atoms with Gasteiger partial charge in [-0.05, 0) is 42.8 Å². The summed E-state index contributed by atoms with van der Waals surface area (Å²) in [6.45, 7) is 4.02. The topological polar surface area (TPSA) is 58.1 Å². The summed E-state index contributed by atoms with van der Waals surface area (Å²) in [4.78, 5) is 24.9. The van der Waals surface area contributed by atoms with E-state index in [1.54, 1.807) is 18.4 Å². The lowest BCUT2D eigenvalue weighted by atomic mass is 9.93. The lowest BCUT2D eigenvalue weighted by molar-refractivity contribution is 0.0964. The van der Waals surface area contributed by atoms with Crippen molar-refractivity contribution in [3.63, 3.8) is 0 Å². The summed E-state index contributed by atoms with van der Waals surface area (Å²) in [7, 11) is 1.71. The number of hydrogen-bond acceptors (Lipinski definition) is 5. The molecular weight excluding hydrogens is 380 g/mol. The summed E-state index contributed by atoms with van der Waals surface area (Å²) in [5.41, 5.74) is 2.36. The van der Waals surface area contributed by atoms with Gasteiger partial charge in [0.25, 0.3) is 5.91 Å². The molecule has 4 rings (SSSR count). The van der Waals surface area contributed by atoms with Crippen molar-refractivity contribution in [1.82, 2.24) is 20.2 Å². The maximum Gasteiger partial charge on any atom is 0.261 e. The van der Waals surface area contributed by atoms with Gasteiger partial charge in [0.1, 0.15) is 5.82 Å². The summed E-state index contributed by atoms with van der Waals surface area (Å²) in [6.07, 6.45) is 9.31. The molecule has 1 amide bonds. The highest BCUT2D eigenvalue weighted by Crippen LogP contribution is 2.34. The highest BCUT2D eigenvalue weighted by Gasteiger charge is 2.27. The molecule has 0 bridgehead atoms. The van der Waals surface area contributed by atoms with E-state index in [0.717, 1.165) is 48.6 Å². The van der Waals surface area contributed by atoms with Crippen molar-refractivity contribution in [3.05, 3.63) is 58.5 Å². The second-order valence-corrected chi connectivity index (χ2v) is 8.72. The molecule has 0 saturated carbocycles. The fraction of sp³-hybridized carbons (Fsp3) is 0.435. The highest BCUT2D eigenvalue weighted by atomic mass is 32.1. The molecule has 0 radical (unpaired) electrons. The average molecular weight is 409 g/mol. The van der Waals surface area contributed by atoms with E-state index in [9.17, 15) is 4.79 Å². The van der Waals surface area contributed by atoms with Gasteiger partial charge >= 0.3 is 0 Å². The van der Waals surface area contributed by atoms with Crippen molar-refractivity contribution < 1.29 is 4.79 Å². The average Bonchev–Trinajstić information content (AvgIpc) is 3.13. The summed E-state index contributed by atoms with van der Waals surface area (Å²) >= 11 is 1.60. The van der Waals surface area contributed by atoms with E-state index in [2.05, 4.69) is 45.3 Å². The molecule has 3 aromatic rings. The second-order valence-electron chi connectivity index (χ2n) is 7.67. The zero-order valence-corrected chi connectivity index (χ0v) is 18.0. The lowest BCUT2D eigenvalue weighted by Gasteiger charge is -2.36. The minimum absolute atomic E-state index is 0.0205. The minimum atomic E-state index is 0.0205. The Hall–Kier alpha value is -2.31. The highest BCUT2D eigenvalue weighted by molar-refractivity contribution is 7.21. The molecule has 1 N–H and O–H groups in total. The molecule has 5 nitrogen and oxygen atoms in total. The van der Waals surface area contributed by atoms with E-state index >= 15 is 0 Å². The van der Waals surface area contributed by atoms with Crippen molar-refractivity contribution in [2.24, 2.45) is 0 Å². The molecule has 1 aliphatic heterocycles. The van der Waals surface area contributed by atoms with Gasteiger partial charge in [-0.15, -0.1) is 11.3 Å². The summed E-state index contributed by atoms with van der Waals surface area (Å²) in [6, 6.07) is 8.80. The number of aromatic nitrogens is 2. The molecule has 0 spiro atoms. The number of aryl methyl sites for hydroxylation is 1. The van der Waals surface area contributed by atoms with Crippen molar-refractivity contribution in [2.45, 2.75) is 51.6 Å². The van der Waals surface area contributed by atoms with E-state index in [1.807, 2.05) is 18.5 Å². The van der Waals surface area contributed by atoms with Gasteiger partial charge in [-0.2, -0.15) is 0 Å². The maximum atomic E-state index is 12.5. The molecule has 0 aliphatic carbocycles. The standard InChI is InChI=1S/C23H28N4OS/c1-3-21-25-13-16(14-26-21)15-27-11-7-6-8-17(27)12-19-18-9-4-5-10-20(18)29-22(19)23(28)24-2/h4-5,9-10,13-14,17H,3,6-8,11-12,15H2,1-2H3,(H,24,28)/t17-/m0/s1. The summed E-state index contributed by atoms with van der Waals surface area (Å²) in [5.74, 6) is 0.913. The van der Waals surface area contributed by atoms with Gasteiger partial charge in [0.05, 0.1) is 4.88 Å². The molecule has 1 atom stereocenters. The zero-order valence-electron chi connectivity index (χ0n) is 17.1. The third-order valence-corrected chi connectivity index (χ3v) is 6.99. The van der Waals surface area contributed by atoms with Crippen LogP contribution < -0.4 is 5.32 Å². The number of thiophene rings is 1. The molecule has 29 heavy (non-hydrogen) atoms. The van der Waals surface area contributed by atoms with Crippen molar-refractivity contribution >= 4 is 27.3 Å². The number of fused-ring (bicyclic) bond motifs is 1. The maximum absolute atomic E-state index is 12.5. The van der Waals surface area contributed by atoms with Gasteiger partial charge in [-0.3, -0.25) is 9.69 Å². The first-order chi connectivity index (χ1) is 14.2. The Morgan fingerprint density at radius 2 is 2.03 bits per heavy atom. The van der Waals surface area contributed by atoms with Crippen LogP contribution in [0.3, 0.4) is 0 Å². The Bertz CT molecular complexity index is 982. The van der Waals surface area contributed by atoms with Crippen LogP contribution in [0.15, 0.2) is 36.7 Å². The first-order valence-electron chi connectivity index (χ1n) is 10.5. The number of likely N-dealkylation sites (tertiary alicyclic amines) is 1. The van der Waals surface area contributed by atoms with Crippen molar-refractivity contribution in [1.29, 1.82) is 0 Å². The molecular formula is C23H28N4OS. The fourth-order valence-electron chi connectivity index (χ4n) is 4.21. The molecule has 1 fully saturated rings. The molecule has 1 saturated heterocycles. The monoisotopic (exact) mass is 408 g/mol. The first kappa shape index (κ1) is 20.0. The van der Waals surface area contributed by atoms with E-state index in [1.165, 1.54) is 28.5 Å². The van der Waals surface area contributed by atoms with E-state index < -0.39 is 0 Å². The lowest BCUT2D eigenvalue weighted by Crippen LogP contribution is -2.40. The Labute approximate surface area is 176 Å². The molecule has 6 heteroatoms. The van der Waals surface area contributed by atoms with Gasteiger partial charge in [0.2, 0.25) is 0 Å². The number of piperidine rings is 1. The van der Waals surface area contributed by atoms with Gasteiger partial charge in [-0.25, -0.2) is 9.97 Å². The first-order valence-corrected chi connectivity index (χ1v) is 11.3. The van der Waals surface area contributed by atoms with E-state index in [4.69, 9.17) is 0 Å². The quantitative estimate of drug-likeness (QED) is 0.664. The molecule has 152 valence electrons. The van der Waals surface area contributed by atoms with Crippen LogP contribution in [0.1, 0.15) is 52.8 Å². The predicted octanol–water partition coefficient (Wildman–Crippen LogP) is 4.21. The Balaban J connectivity index is 1.60. The smallest absolute Gasteiger partial charge is 0.261 e. The number of hydrogen-bond donors (Lipinski definition) is 1. The van der Waals surface area contributed by atoms with Crippen LogP contribution in [0.5, 0.6) is 0 Å². The largest absolute Gasteiger partial charge is 0.354 e. The summed E-state index contributed by atoms with van der Waals surface area (Å²) < 4.78 is 1.19. The number of rotatable bonds is 6. The normalized spacial score (nSPS) is 17.5. The molecule has 1 aliphatic rings. The van der Waals surface area contributed by atoms with Crippen LogP contribution in [-0.4, -0.2) is 40.4 Å². The third-order valence-electron chi connectivity index (χ3n) is 5.78. The van der Waals surface area contributed by atoms with Crippen LogP contribution in [-0.2, 0) is 19.4 Å². The predicted molar refractivity (Wildman–Crippen MR) is 118 cm³/mol. The number of carbonyl (C=O) groups is 1. The Morgan fingerprint density at radius 1 is 1.24 bits per heavy atom. The summed E-state index contributed by atoms with van der Waals surface area (Å²) in [5, 5.41) is 4.04. The van der Waals surface area contributed by atoms with Crippen molar-refractivity contribution in [2.75, 3.05) is 13.6 Å². The Kier molecular flexibility index (Phi) is 6.21. The number of benzene rings is 1. The third kappa shape index (κ3) is 4.33. The van der Waals surface area contributed by atoms with E-state index in [-0.39, 0.29) is 5.91 Å². The molecule has 1 aromatic carbocycles. The van der Waals surface area contributed by atoms with Crippen molar-refractivity contribution in [3.8, 4) is 0 Å². The second kappa shape index (κ2) is 9.01. The molecule has 3 heterocycles. The fourth-order valence-corrected chi connectivity index (χ4v) is 5.39. The molecule has 2 aromatic heterocycles. The number of nitrogens with zero attached hydrogens (tertiary/aromatic N) is 3. The zero-order chi connectivity index (χ0) is 20.2. The van der Waals surface area contributed by atoms with Crippen LogP contribution in [0.4, 0.5) is 0 Å². The van der Waals surface area contributed by atoms with Gasteiger partial charge in [-0.1, -0.05) is 31.5 Å². The van der Waals surface area contributed by atoms with E-state index in [0.29, 0.717) is 6.04 Å². The van der Waals surface area contributed by atoms with Crippen LogP contribution in [0, 0.1) is 0 Å².